The van der Waals surface area contributed by atoms with Crippen molar-refractivity contribution in [2.24, 2.45) is 29.4 Å². The number of carbonyl (C=O) groups excluding carboxylic acids is 1. The van der Waals surface area contributed by atoms with Crippen LogP contribution in [0.2, 0.25) is 0 Å². The molecule has 1 aliphatic rings. The first-order valence-electron chi connectivity index (χ1n) is 15.1. The highest BCUT2D eigenvalue weighted by Crippen LogP contribution is 2.33. The minimum atomic E-state index is -0.766. The highest BCUT2D eigenvalue weighted by Gasteiger charge is 2.36. The van der Waals surface area contributed by atoms with E-state index in [4.69, 9.17) is 24.7 Å². The van der Waals surface area contributed by atoms with E-state index in [0.717, 1.165) is 49.8 Å². The summed E-state index contributed by atoms with van der Waals surface area (Å²) in [6, 6.07) is 5.62. The van der Waals surface area contributed by atoms with Gasteiger partial charge in [-0.1, -0.05) is 46.6 Å². The monoisotopic (exact) mass is 564 g/mol. The lowest BCUT2D eigenvalue weighted by molar-refractivity contribution is -0.129. The van der Waals surface area contributed by atoms with Crippen molar-refractivity contribution in [3.63, 3.8) is 0 Å². The SMILES string of the molecule is COCCCOc1cc(C[C@@H](C[C@H](N)[C@@H](O)C[C@H](C(=O)NCC2(OC)CCCC2)C(C)C)C(C)C)ccc1OC. The Hall–Kier alpha value is -1.87. The summed E-state index contributed by atoms with van der Waals surface area (Å²) in [7, 11) is 5.05. The van der Waals surface area contributed by atoms with E-state index in [9.17, 15) is 9.90 Å². The van der Waals surface area contributed by atoms with Crippen LogP contribution in [-0.4, -0.2) is 69.8 Å². The highest BCUT2D eigenvalue weighted by molar-refractivity contribution is 5.79. The van der Waals surface area contributed by atoms with Gasteiger partial charge in [0.25, 0.3) is 0 Å². The largest absolute Gasteiger partial charge is 0.493 e. The molecule has 8 nitrogen and oxygen atoms in total. The fourth-order valence-electron chi connectivity index (χ4n) is 5.72. The third-order valence-corrected chi connectivity index (χ3v) is 8.66. The molecule has 1 aliphatic carbocycles. The minimum absolute atomic E-state index is 0.0266. The number of carbonyl (C=O) groups is 1. The van der Waals surface area contributed by atoms with Crippen molar-refractivity contribution in [1.29, 1.82) is 0 Å². The summed E-state index contributed by atoms with van der Waals surface area (Å²) in [4.78, 5) is 13.2. The molecule has 1 fully saturated rings. The van der Waals surface area contributed by atoms with Gasteiger partial charge in [-0.25, -0.2) is 0 Å². The van der Waals surface area contributed by atoms with Crippen LogP contribution >= 0.6 is 0 Å². The topological polar surface area (TPSA) is 112 Å². The van der Waals surface area contributed by atoms with Gasteiger partial charge in [0.1, 0.15) is 0 Å². The number of hydrogen-bond acceptors (Lipinski definition) is 7. The maximum atomic E-state index is 13.2. The van der Waals surface area contributed by atoms with Gasteiger partial charge < -0.3 is 35.1 Å². The van der Waals surface area contributed by atoms with Crippen LogP contribution in [0, 0.1) is 23.7 Å². The third-order valence-electron chi connectivity index (χ3n) is 8.66. The third kappa shape index (κ3) is 10.5. The van der Waals surface area contributed by atoms with E-state index in [2.05, 4.69) is 25.2 Å². The number of ether oxygens (including phenoxy) is 4. The molecule has 4 atom stereocenters. The number of benzene rings is 1. The van der Waals surface area contributed by atoms with Gasteiger partial charge in [-0.3, -0.25) is 4.79 Å². The van der Waals surface area contributed by atoms with Gasteiger partial charge in [-0.15, -0.1) is 0 Å². The van der Waals surface area contributed by atoms with E-state index in [-0.39, 0.29) is 29.3 Å². The van der Waals surface area contributed by atoms with Gasteiger partial charge in [0.15, 0.2) is 11.5 Å². The van der Waals surface area contributed by atoms with Crippen molar-refractivity contribution in [1.82, 2.24) is 5.32 Å². The molecule has 0 bridgehead atoms. The van der Waals surface area contributed by atoms with Crippen LogP contribution in [0.3, 0.4) is 0 Å². The molecule has 1 aromatic rings. The normalized spacial score (nSPS) is 18.0. The molecule has 0 heterocycles. The summed E-state index contributed by atoms with van der Waals surface area (Å²) in [5, 5.41) is 14.3. The molecule has 0 saturated heterocycles. The summed E-state index contributed by atoms with van der Waals surface area (Å²) in [6.45, 7) is 10.1. The molecule has 0 spiro atoms. The summed E-state index contributed by atoms with van der Waals surface area (Å²) in [6.07, 6.45) is 6.04. The van der Waals surface area contributed by atoms with Gasteiger partial charge >= 0.3 is 0 Å². The Morgan fingerprint density at radius 3 is 2.30 bits per heavy atom. The standard InChI is InChI=1S/C32H56N2O6/c1-22(2)25(17-24-11-12-29(38-6)30(18-24)40-16-10-15-37-5)19-27(33)28(35)20-26(23(3)4)31(36)34-21-32(39-7)13-8-9-14-32/h11-12,18,22-23,25-28,35H,8-10,13-17,19-21,33H2,1-7H3,(H,34,36)/t25-,26-,27-,28-/m0/s1. The quantitative estimate of drug-likeness (QED) is 0.208. The van der Waals surface area contributed by atoms with Crippen LogP contribution in [0.4, 0.5) is 0 Å². The predicted octanol–water partition coefficient (Wildman–Crippen LogP) is 4.74. The number of hydrogen-bond donors (Lipinski definition) is 3. The Morgan fingerprint density at radius 2 is 1.73 bits per heavy atom. The van der Waals surface area contributed by atoms with E-state index in [1.165, 1.54) is 0 Å². The maximum Gasteiger partial charge on any atom is 0.223 e. The Bertz CT molecular complexity index is 871. The van der Waals surface area contributed by atoms with Gasteiger partial charge in [-0.2, -0.15) is 0 Å². The smallest absolute Gasteiger partial charge is 0.223 e. The van der Waals surface area contributed by atoms with E-state index >= 15 is 0 Å². The lowest BCUT2D eigenvalue weighted by Crippen LogP contribution is -2.47. The van der Waals surface area contributed by atoms with Crippen molar-refractivity contribution >= 4 is 5.91 Å². The minimum Gasteiger partial charge on any atom is -0.493 e. The number of methoxy groups -OCH3 is 3. The van der Waals surface area contributed by atoms with Crippen LogP contribution < -0.4 is 20.5 Å². The van der Waals surface area contributed by atoms with E-state index in [1.807, 2.05) is 26.0 Å². The first-order chi connectivity index (χ1) is 19.1. The summed E-state index contributed by atoms with van der Waals surface area (Å²) < 4.78 is 22.3. The number of aliphatic hydroxyl groups is 1. The van der Waals surface area contributed by atoms with Crippen molar-refractivity contribution in [3.05, 3.63) is 23.8 Å². The zero-order valence-electron chi connectivity index (χ0n) is 26.0. The first-order valence-corrected chi connectivity index (χ1v) is 15.1. The molecule has 0 aliphatic heterocycles. The molecule has 2 rings (SSSR count). The lowest BCUT2D eigenvalue weighted by atomic mass is 9.80. The second kappa shape index (κ2) is 17.2. The number of aliphatic hydroxyl groups excluding tert-OH is 1. The lowest BCUT2D eigenvalue weighted by Gasteiger charge is -2.31. The van der Waals surface area contributed by atoms with Gasteiger partial charge in [-0.05, 0) is 67.6 Å². The number of nitrogens with two attached hydrogens (primary N) is 1. The average molecular weight is 565 g/mol. The fourth-order valence-corrected chi connectivity index (χ4v) is 5.72. The van der Waals surface area contributed by atoms with E-state index in [0.29, 0.717) is 44.3 Å². The molecule has 1 aromatic carbocycles. The van der Waals surface area contributed by atoms with Crippen LogP contribution in [0.5, 0.6) is 11.5 Å². The highest BCUT2D eigenvalue weighted by atomic mass is 16.5. The molecular weight excluding hydrogens is 508 g/mol. The van der Waals surface area contributed by atoms with Crippen molar-refractivity contribution < 1.29 is 28.8 Å². The van der Waals surface area contributed by atoms with Gasteiger partial charge in [0, 0.05) is 45.8 Å². The van der Waals surface area contributed by atoms with Crippen molar-refractivity contribution in [3.8, 4) is 11.5 Å². The van der Waals surface area contributed by atoms with Crippen LogP contribution in [-0.2, 0) is 20.7 Å². The van der Waals surface area contributed by atoms with Crippen LogP contribution in [0.1, 0.15) is 78.2 Å². The number of nitrogens with one attached hydrogen (secondary N) is 1. The Balaban J connectivity index is 2.00. The Kier molecular flexibility index (Phi) is 14.7. The zero-order chi connectivity index (χ0) is 29.7. The first kappa shape index (κ1) is 34.3. The van der Waals surface area contributed by atoms with Crippen LogP contribution in [0.15, 0.2) is 18.2 Å². The number of rotatable bonds is 19. The van der Waals surface area contributed by atoms with Crippen molar-refractivity contribution in [2.75, 3.05) is 41.1 Å². The molecule has 0 unspecified atom stereocenters. The fraction of sp³-hybridized carbons (Fsp3) is 0.781. The molecule has 4 N–H and O–H groups in total. The van der Waals surface area contributed by atoms with E-state index in [1.54, 1.807) is 21.3 Å². The second-order valence-corrected chi connectivity index (χ2v) is 12.3. The Labute approximate surface area is 242 Å². The molecule has 40 heavy (non-hydrogen) atoms. The summed E-state index contributed by atoms with van der Waals surface area (Å²) >= 11 is 0. The molecule has 8 heteroatoms. The predicted molar refractivity (Wildman–Crippen MR) is 160 cm³/mol. The molecule has 0 aromatic heterocycles. The molecule has 1 saturated carbocycles. The van der Waals surface area contributed by atoms with E-state index < -0.39 is 12.1 Å². The van der Waals surface area contributed by atoms with Crippen molar-refractivity contribution in [2.45, 2.75) is 96.8 Å². The summed E-state index contributed by atoms with van der Waals surface area (Å²) in [5.74, 6) is 1.81. The Morgan fingerprint density at radius 1 is 1.02 bits per heavy atom. The second-order valence-electron chi connectivity index (χ2n) is 12.3. The van der Waals surface area contributed by atoms with Crippen LogP contribution in [0.25, 0.3) is 0 Å². The molecule has 1 amide bonds. The number of amides is 1. The maximum absolute atomic E-state index is 13.2. The molecule has 0 radical (unpaired) electrons. The zero-order valence-corrected chi connectivity index (χ0v) is 26.0. The summed E-state index contributed by atoms with van der Waals surface area (Å²) in [5.41, 5.74) is 7.47. The van der Waals surface area contributed by atoms with Gasteiger partial charge in [0.05, 0.1) is 25.4 Å². The average Bonchev–Trinajstić information content (AvgIpc) is 3.41. The molecule has 230 valence electrons. The molecular formula is C32H56N2O6. The van der Waals surface area contributed by atoms with Gasteiger partial charge in [0.2, 0.25) is 5.91 Å².